The van der Waals surface area contributed by atoms with Gasteiger partial charge in [0.2, 0.25) is 0 Å². The van der Waals surface area contributed by atoms with Crippen molar-refractivity contribution in [1.82, 2.24) is 15.5 Å². The number of nitrogens with zero attached hydrogens (tertiary/aromatic N) is 2. The van der Waals surface area contributed by atoms with Crippen molar-refractivity contribution in [3.05, 3.63) is 23.2 Å². The lowest BCUT2D eigenvalue weighted by molar-refractivity contribution is 0.394. The highest BCUT2D eigenvalue weighted by Crippen LogP contribution is 2.31. The molecule has 108 valence electrons. The van der Waals surface area contributed by atoms with Crippen LogP contribution in [0.2, 0.25) is 0 Å². The van der Waals surface area contributed by atoms with Crippen LogP contribution in [0.15, 0.2) is 18.2 Å². The SMILES string of the molecule is CCCNCc1nnc(-c2cc(OC)cc(OC)c2)s1. The third-order valence-electron chi connectivity index (χ3n) is 2.77. The molecule has 2 aromatic rings. The summed E-state index contributed by atoms with van der Waals surface area (Å²) in [4.78, 5) is 0. The Balaban J connectivity index is 2.18. The van der Waals surface area contributed by atoms with Crippen molar-refractivity contribution in [2.45, 2.75) is 19.9 Å². The minimum Gasteiger partial charge on any atom is -0.497 e. The van der Waals surface area contributed by atoms with Gasteiger partial charge in [-0.25, -0.2) is 0 Å². The van der Waals surface area contributed by atoms with Gasteiger partial charge in [-0.1, -0.05) is 18.3 Å². The van der Waals surface area contributed by atoms with Crippen LogP contribution in [0, 0.1) is 0 Å². The van der Waals surface area contributed by atoms with Gasteiger partial charge in [-0.3, -0.25) is 0 Å². The van der Waals surface area contributed by atoms with Gasteiger partial charge in [-0.05, 0) is 25.1 Å². The zero-order chi connectivity index (χ0) is 14.4. The predicted molar refractivity (Wildman–Crippen MR) is 80.4 cm³/mol. The first kappa shape index (κ1) is 14.7. The summed E-state index contributed by atoms with van der Waals surface area (Å²) in [6, 6.07) is 5.72. The van der Waals surface area contributed by atoms with E-state index in [1.165, 1.54) is 0 Å². The molecular weight excluding hydrogens is 274 g/mol. The molecule has 1 N–H and O–H groups in total. The van der Waals surface area contributed by atoms with Gasteiger partial charge >= 0.3 is 0 Å². The Labute approximate surface area is 123 Å². The minimum absolute atomic E-state index is 0.750. The molecule has 6 heteroatoms. The van der Waals surface area contributed by atoms with Crippen molar-refractivity contribution in [2.24, 2.45) is 0 Å². The molecule has 0 bridgehead atoms. The van der Waals surface area contributed by atoms with E-state index in [-0.39, 0.29) is 0 Å². The summed E-state index contributed by atoms with van der Waals surface area (Å²) < 4.78 is 10.5. The minimum atomic E-state index is 0.750. The first-order valence-corrected chi connectivity index (χ1v) is 7.35. The fourth-order valence-electron chi connectivity index (χ4n) is 1.74. The van der Waals surface area contributed by atoms with Crippen molar-refractivity contribution in [3.8, 4) is 22.1 Å². The maximum atomic E-state index is 5.27. The molecule has 1 heterocycles. The second kappa shape index (κ2) is 7.21. The summed E-state index contributed by atoms with van der Waals surface area (Å²) in [5.74, 6) is 1.50. The standard InChI is InChI=1S/C14H19N3O2S/c1-4-5-15-9-13-16-17-14(20-13)10-6-11(18-2)8-12(7-10)19-3/h6-8,15H,4-5,9H2,1-3H3. The average molecular weight is 293 g/mol. The molecule has 5 nitrogen and oxygen atoms in total. The lowest BCUT2D eigenvalue weighted by Gasteiger charge is -2.06. The molecule has 0 aliphatic rings. The van der Waals surface area contributed by atoms with Crippen LogP contribution < -0.4 is 14.8 Å². The van der Waals surface area contributed by atoms with E-state index < -0.39 is 0 Å². The molecular formula is C14H19N3O2S. The summed E-state index contributed by atoms with van der Waals surface area (Å²) in [6.45, 7) is 3.88. The van der Waals surface area contributed by atoms with Crippen LogP contribution >= 0.6 is 11.3 Å². The van der Waals surface area contributed by atoms with Gasteiger partial charge < -0.3 is 14.8 Å². The van der Waals surface area contributed by atoms with Gasteiger partial charge in [0.1, 0.15) is 21.5 Å². The summed E-state index contributed by atoms with van der Waals surface area (Å²) in [7, 11) is 3.28. The number of aromatic nitrogens is 2. The number of hydrogen-bond acceptors (Lipinski definition) is 6. The lowest BCUT2D eigenvalue weighted by atomic mass is 10.2. The van der Waals surface area contributed by atoms with Crippen LogP contribution in [0.3, 0.4) is 0 Å². The van der Waals surface area contributed by atoms with Gasteiger partial charge in [0.05, 0.1) is 14.2 Å². The Kier molecular flexibility index (Phi) is 5.31. The summed E-state index contributed by atoms with van der Waals surface area (Å²) in [5, 5.41) is 13.6. The number of rotatable bonds is 7. The third kappa shape index (κ3) is 3.68. The molecule has 20 heavy (non-hydrogen) atoms. The van der Waals surface area contributed by atoms with E-state index in [1.807, 2.05) is 18.2 Å². The van der Waals surface area contributed by atoms with Gasteiger partial charge in [-0.15, -0.1) is 10.2 Å². The van der Waals surface area contributed by atoms with E-state index >= 15 is 0 Å². The van der Waals surface area contributed by atoms with E-state index in [0.29, 0.717) is 0 Å². The molecule has 2 rings (SSSR count). The molecule has 1 aromatic carbocycles. The lowest BCUT2D eigenvalue weighted by Crippen LogP contribution is -2.13. The molecule has 0 saturated carbocycles. The van der Waals surface area contributed by atoms with Crippen LogP contribution in [0.25, 0.3) is 10.6 Å². The van der Waals surface area contributed by atoms with Gasteiger partial charge in [-0.2, -0.15) is 0 Å². The third-order valence-corrected chi connectivity index (χ3v) is 3.74. The highest BCUT2D eigenvalue weighted by Gasteiger charge is 2.09. The number of hydrogen-bond donors (Lipinski definition) is 1. The Bertz CT molecular complexity index is 535. The maximum absolute atomic E-state index is 5.27. The molecule has 0 spiro atoms. The molecule has 0 radical (unpaired) electrons. The van der Waals surface area contributed by atoms with Gasteiger partial charge in [0, 0.05) is 18.2 Å². The van der Waals surface area contributed by atoms with Gasteiger partial charge in [0.25, 0.3) is 0 Å². The number of ether oxygens (including phenoxy) is 2. The van der Waals surface area contributed by atoms with Crippen molar-refractivity contribution in [1.29, 1.82) is 0 Å². The average Bonchev–Trinajstić information content (AvgIpc) is 2.96. The molecule has 0 amide bonds. The Morgan fingerprint density at radius 3 is 2.40 bits per heavy atom. The fourth-order valence-corrected chi connectivity index (χ4v) is 2.54. The van der Waals surface area contributed by atoms with Crippen LogP contribution in [-0.4, -0.2) is 31.0 Å². The Morgan fingerprint density at radius 1 is 1.10 bits per heavy atom. The van der Waals surface area contributed by atoms with Crippen molar-refractivity contribution >= 4 is 11.3 Å². The quantitative estimate of drug-likeness (QED) is 0.795. The molecule has 0 saturated heterocycles. The zero-order valence-corrected chi connectivity index (χ0v) is 12.8. The molecule has 1 aromatic heterocycles. The van der Waals surface area contributed by atoms with E-state index in [2.05, 4.69) is 22.4 Å². The molecule has 0 aliphatic carbocycles. The number of methoxy groups -OCH3 is 2. The van der Waals surface area contributed by atoms with Crippen molar-refractivity contribution < 1.29 is 9.47 Å². The monoisotopic (exact) mass is 293 g/mol. The highest BCUT2D eigenvalue weighted by atomic mass is 32.1. The van der Waals surface area contributed by atoms with Crippen LogP contribution in [0.4, 0.5) is 0 Å². The highest BCUT2D eigenvalue weighted by molar-refractivity contribution is 7.14. The molecule has 0 fully saturated rings. The fraction of sp³-hybridized carbons (Fsp3) is 0.429. The predicted octanol–water partition coefficient (Wildman–Crippen LogP) is 2.72. The smallest absolute Gasteiger partial charge is 0.148 e. The maximum Gasteiger partial charge on any atom is 0.148 e. The number of benzene rings is 1. The van der Waals surface area contributed by atoms with E-state index in [4.69, 9.17) is 9.47 Å². The second-order valence-electron chi connectivity index (χ2n) is 4.28. The summed E-state index contributed by atoms with van der Waals surface area (Å²) >= 11 is 1.58. The first-order chi connectivity index (χ1) is 9.76. The van der Waals surface area contributed by atoms with E-state index in [1.54, 1.807) is 25.6 Å². The van der Waals surface area contributed by atoms with Crippen molar-refractivity contribution in [3.63, 3.8) is 0 Å². The molecule has 0 atom stereocenters. The number of nitrogens with one attached hydrogen (secondary N) is 1. The van der Waals surface area contributed by atoms with Crippen LogP contribution in [0.5, 0.6) is 11.5 Å². The topological polar surface area (TPSA) is 56.3 Å². The Hall–Kier alpha value is -1.66. The largest absolute Gasteiger partial charge is 0.497 e. The molecule has 0 aliphatic heterocycles. The first-order valence-electron chi connectivity index (χ1n) is 6.53. The van der Waals surface area contributed by atoms with Crippen LogP contribution in [-0.2, 0) is 6.54 Å². The summed E-state index contributed by atoms with van der Waals surface area (Å²) in [5.41, 5.74) is 0.959. The van der Waals surface area contributed by atoms with Gasteiger partial charge in [0.15, 0.2) is 0 Å². The van der Waals surface area contributed by atoms with E-state index in [9.17, 15) is 0 Å². The summed E-state index contributed by atoms with van der Waals surface area (Å²) in [6.07, 6.45) is 1.11. The molecule has 0 unspecified atom stereocenters. The normalized spacial score (nSPS) is 10.6. The van der Waals surface area contributed by atoms with E-state index in [0.717, 1.165) is 46.6 Å². The Morgan fingerprint density at radius 2 is 1.80 bits per heavy atom. The van der Waals surface area contributed by atoms with Crippen molar-refractivity contribution in [2.75, 3.05) is 20.8 Å². The zero-order valence-electron chi connectivity index (χ0n) is 12.0. The second-order valence-corrected chi connectivity index (χ2v) is 5.34. The van der Waals surface area contributed by atoms with Crippen LogP contribution in [0.1, 0.15) is 18.4 Å².